The van der Waals surface area contributed by atoms with Crippen LogP contribution in [-0.2, 0) is 28.8 Å². The van der Waals surface area contributed by atoms with Crippen LogP contribution >= 0.6 is 0 Å². The van der Waals surface area contributed by atoms with E-state index in [9.17, 15) is 49.2 Å². The van der Waals surface area contributed by atoms with E-state index in [1.54, 1.807) is 0 Å². The zero-order valence-corrected chi connectivity index (χ0v) is 34.1. The molecule has 2 amide bonds. The number of aliphatic carboxylic acids is 4. The first-order chi connectivity index (χ1) is 26.8. The monoisotopic (exact) mass is 809 g/mol. The quantitative estimate of drug-likeness (QED) is 0.0755. The molecule has 0 aliphatic heterocycles. The average molecular weight is 810 g/mol. The Balaban J connectivity index is 1.28. The molecule has 17 nitrogen and oxygen atoms in total. The van der Waals surface area contributed by atoms with Gasteiger partial charge in [0.25, 0.3) is 0 Å². The number of nitrogens with zero attached hydrogens (tertiary/aromatic N) is 3. The lowest BCUT2D eigenvalue weighted by atomic mass is 9.43. The van der Waals surface area contributed by atoms with Crippen LogP contribution in [0.2, 0.25) is 0 Å². The van der Waals surface area contributed by atoms with E-state index in [4.69, 9.17) is 10.2 Å². The van der Waals surface area contributed by atoms with Gasteiger partial charge in [-0.15, -0.1) is 0 Å². The molecule has 4 aliphatic rings. The number of aliphatic hydroxyl groups excluding tert-OH is 2. The lowest BCUT2D eigenvalue weighted by Gasteiger charge is -2.63. The summed E-state index contributed by atoms with van der Waals surface area (Å²) in [6.45, 7) is 6.08. The van der Waals surface area contributed by atoms with Crippen molar-refractivity contribution in [3.8, 4) is 0 Å². The minimum atomic E-state index is -1.25. The normalized spacial score (nSPS) is 32.6. The first-order valence-corrected chi connectivity index (χ1v) is 20.7. The molecule has 0 aromatic rings. The van der Waals surface area contributed by atoms with Gasteiger partial charge in [-0.3, -0.25) is 43.5 Å². The third-order valence-corrected chi connectivity index (χ3v) is 14.4. The Morgan fingerprint density at radius 1 is 0.702 bits per heavy atom. The highest BCUT2D eigenvalue weighted by atomic mass is 16.4. The number of nitrogens with one attached hydrogen (secondary N) is 2. The summed E-state index contributed by atoms with van der Waals surface area (Å²) in [5.41, 5.74) is -0.267. The van der Waals surface area contributed by atoms with Crippen molar-refractivity contribution < 1.29 is 59.4 Å². The standard InChI is InChI=1S/C40H67N5O12/c1-5-6-24(2)27-7-8-28-38-29(17-31(47)40(27,28)4)39(3)10-9-26(15-25(39)16-30(38)46)42-32(48)18-41-33(49)19-44(21-35(52)53)13-11-43(20-34(50)51)12-14-45(22-36(54)55)23-37(56)57/h24-31,38,46-47H,5-23H2,1-4H3,(H,41,49)(H,42,48)(H,50,51)(H,52,53)(H,54,55)(H,56,57)/t24-,25+,26+,27-,28+,29+,30-,31+,38+,39+,40-/m1/s1. The van der Waals surface area contributed by atoms with Crippen LogP contribution in [0, 0.1) is 46.3 Å². The summed E-state index contributed by atoms with van der Waals surface area (Å²) in [6.07, 6.45) is 7.15. The van der Waals surface area contributed by atoms with Crippen molar-refractivity contribution >= 4 is 35.7 Å². The molecular weight excluding hydrogens is 742 g/mol. The van der Waals surface area contributed by atoms with Crippen LogP contribution in [0.1, 0.15) is 85.5 Å². The SMILES string of the molecule is CCC[C@@H](C)[C@H]1CC[C@H]2[C@@H]3[C@H](O)C[C@@H]4C[C@@H](NC(=O)CNC(=O)CN(CCN(CCN(CC(=O)O)CC(=O)O)CC(=O)O)CC(=O)O)CC[C@]4(C)[C@H]3C[C@H](O)[C@]12C. The van der Waals surface area contributed by atoms with Crippen LogP contribution in [-0.4, -0.2) is 165 Å². The van der Waals surface area contributed by atoms with Crippen LogP contribution in [0.3, 0.4) is 0 Å². The van der Waals surface area contributed by atoms with Crippen molar-refractivity contribution in [2.24, 2.45) is 46.3 Å². The van der Waals surface area contributed by atoms with Crippen molar-refractivity contribution in [3.63, 3.8) is 0 Å². The van der Waals surface area contributed by atoms with Crippen molar-refractivity contribution in [2.75, 3.05) is 65.4 Å². The topological polar surface area (TPSA) is 258 Å². The van der Waals surface area contributed by atoms with E-state index in [0.29, 0.717) is 31.1 Å². The number of hydrogen-bond donors (Lipinski definition) is 8. The lowest BCUT2D eigenvalue weighted by molar-refractivity contribution is -0.202. The second-order valence-electron chi connectivity index (χ2n) is 18.0. The van der Waals surface area contributed by atoms with E-state index >= 15 is 0 Å². The molecule has 4 aliphatic carbocycles. The van der Waals surface area contributed by atoms with Crippen LogP contribution in [0.15, 0.2) is 0 Å². The van der Waals surface area contributed by atoms with Crippen LogP contribution in [0.4, 0.5) is 0 Å². The van der Waals surface area contributed by atoms with E-state index in [1.807, 2.05) is 0 Å². The fourth-order valence-corrected chi connectivity index (χ4v) is 11.7. The minimum absolute atomic E-state index is 0.0169. The second-order valence-corrected chi connectivity index (χ2v) is 18.0. The van der Waals surface area contributed by atoms with Gasteiger partial charge < -0.3 is 41.3 Å². The molecule has 17 heteroatoms. The molecule has 4 saturated carbocycles. The third-order valence-electron chi connectivity index (χ3n) is 14.4. The molecule has 0 aromatic carbocycles. The fourth-order valence-electron chi connectivity index (χ4n) is 11.7. The Morgan fingerprint density at radius 2 is 1.25 bits per heavy atom. The molecule has 0 aromatic heterocycles. The Labute approximate surface area is 335 Å². The molecular formula is C40H67N5O12. The van der Waals surface area contributed by atoms with Crippen molar-refractivity contribution in [1.29, 1.82) is 0 Å². The fraction of sp³-hybridized carbons (Fsp3) is 0.850. The molecule has 4 rings (SSSR count). The van der Waals surface area contributed by atoms with Gasteiger partial charge in [0.05, 0.1) is 51.5 Å². The highest BCUT2D eigenvalue weighted by molar-refractivity contribution is 5.86. The zero-order valence-electron chi connectivity index (χ0n) is 34.1. The van der Waals surface area contributed by atoms with Gasteiger partial charge in [-0.1, -0.05) is 40.5 Å². The highest BCUT2D eigenvalue weighted by Crippen LogP contribution is 2.68. The molecule has 0 unspecified atom stereocenters. The first kappa shape index (κ1) is 46.3. The van der Waals surface area contributed by atoms with Crippen LogP contribution in [0.5, 0.6) is 0 Å². The predicted octanol–water partition coefficient (Wildman–Crippen LogP) is 0.869. The van der Waals surface area contributed by atoms with Gasteiger partial charge in [0.2, 0.25) is 11.8 Å². The van der Waals surface area contributed by atoms with E-state index in [2.05, 4.69) is 38.3 Å². The number of carboxylic acids is 4. The largest absolute Gasteiger partial charge is 0.480 e. The van der Waals surface area contributed by atoms with Gasteiger partial charge in [0.1, 0.15) is 0 Å². The minimum Gasteiger partial charge on any atom is -0.480 e. The molecule has 0 heterocycles. The number of hydrogen-bond acceptors (Lipinski definition) is 11. The van der Waals surface area contributed by atoms with Gasteiger partial charge in [-0.2, -0.15) is 0 Å². The molecule has 0 radical (unpaired) electrons. The number of fused-ring (bicyclic) bond motifs is 5. The van der Waals surface area contributed by atoms with Gasteiger partial charge in [0, 0.05) is 32.2 Å². The van der Waals surface area contributed by atoms with E-state index in [-0.39, 0.29) is 79.8 Å². The third kappa shape index (κ3) is 11.6. The maximum Gasteiger partial charge on any atom is 0.317 e. The van der Waals surface area contributed by atoms with Crippen molar-refractivity contribution in [1.82, 2.24) is 25.3 Å². The number of carbonyl (C=O) groups is 6. The first-order valence-electron chi connectivity index (χ1n) is 20.7. The number of carbonyl (C=O) groups excluding carboxylic acids is 2. The van der Waals surface area contributed by atoms with E-state index < -0.39 is 74.1 Å². The summed E-state index contributed by atoms with van der Waals surface area (Å²) >= 11 is 0. The Hall–Kier alpha value is -3.38. The van der Waals surface area contributed by atoms with Gasteiger partial charge in [-0.05, 0) is 91.3 Å². The predicted molar refractivity (Wildman–Crippen MR) is 207 cm³/mol. The summed E-state index contributed by atoms with van der Waals surface area (Å²) in [5.74, 6) is -4.15. The van der Waals surface area contributed by atoms with Crippen LogP contribution < -0.4 is 10.6 Å². The molecule has 8 N–H and O–H groups in total. The van der Waals surface area contributed by atoms with Crippen molar-refractivity contribution in [3.05, 3.63) is 0 Å². The Bertz CT molecular complexity index is 1430. The Kier molecular flexibility index (Phi) is 16.3. The number of aliphatic hydroxyl groups is 2. The summed E-state index contributed by atoms with van der Waals surface area (Å²) < 4.78 is 0. The van der Waals surface area contributed by atoms with Crippen molar-refractivity contribution in [2.45, 2.75) is 104 Å². The maximum atomic E-state index is 13.1. The molecule has 4 fully saturated rings. The molecule has 0 saturated heterocycles. The molecule has 0 spiro atoms. The van der Waals surface area contributed by atoms with Gasteiger partial charge in [-0.25, -0.2) is 0 Å². The smallest absolute Gasteiger partial charge is 0.317 e. The molecule has 0 bridgehead atoms. The highest BCUT2D eigenvalue weighted by Gasteiger charge is 2.65. The summed E-state index contributed by atoms with van der Waals surface area (Å²) in [4.78, 5) is 75.1. The van der Waals surface area contributed by atoms with Crippen LogP contribution in [0.25, 0.3) is 0 Å². The Morgan fingerprint density at radius 3 is 1.81 bits per heavy atom. The van der Waals surface area contributed by atoms with Gasteiger partial charge in [0.15, 0.2) is 0 Å². The maximum absolute atomic E-state index is 13.1. The molecule has 57 heavy (non-hydrogen) atoms. The zero-order chi connectivity index (χ0) is 42.2. The lowest BCUT2D eigenvalue weighted by Crippen LogP contribution is -2.63. The number of amides is 2. The number of rotatable bonds is 22. The summed E-state index contributed by atoms with van der Waals surface area (Å²) in [6, 6.07) is -0.147. The van der Waals surface area contributed by atoms with E-state index in [0.717, 1.165) is 43.4 Å². The second kappa shape index (κ2) is 20.1. The molecule has 324 valence electrons. The average Bonchev–Trinajstić information content (AvgIpc) is 3.47. The summed E-state index contributed by atoms with van der Waals surface area (Å²) in [7, 11) is 0. The summed E-state index contributed by atoms with van der Waals surface area (Å²) in [5, 5.41) is 66.2. The van der Waals surface area contributed by atoms with E-state index in [1.165, 1.54) is 9.80 Å². The molecule has 11 atom stereocenters. The number of carboxylic acid groups (broad SMARTS) is 4. The van der Waals surface area contributed by atoms with Gasteiger partial charge >= 0.3 is 23.9 Å².